The van der Waals surface area contributed by atoms with Crippen LogP contribution in [0, 0.1) is 11.8 Å². The molecule has 2 aliphatic rings. The molecule has 0 amide bonds. The summed E-state index contributed by atoms with van der Waals surface area (Å²) in [5.74, 6) is 1.80. The Kier molecular flexibility index (Phi) is 5.50. The van der Waals surface area contributed by atoms with Gasteiger partial charge in [0, 0.05) is 31.7 Å². The molecule has 106 valence electrons. The summed E-state index contributed by atoms with van der Waals surface area (Å²) in [6, 6.07) is 1.62. The molecule has 0 aromatic rings. The van der Waals surface area contributed by atoms with E-state index in [4.69, 9.17) is 0 Å². The van der Waals surface area contributed by atoms with Crippen molar-refractivity contribution in [2.24, 2.45) is 11.8 Å². The van der Waals surface area contributed by atoms with Crippen molar-refractivity contribution in [2.45, 2.75) is 71.4 Å². The second-order valence-electron chi connectivity index (χ2n) is 6.69. The zero-order chi connectivity index (χ0) is 13.0. The molecule has 1 aliphatic heterocycles. The molecule has 0 aromatic carbocycles. The third kappa shape index (κ3) is 3.48. The van der Waals surface area contributed by atoms with E-state index in [1.54, 1.807) is 0 Å². The fourth-order valence-corrected chi connectivity index (χ4v) is 4.07. The van der Waals surface area contributed by atoms with Gasteiger partial charge in [-0.3, -0.25) is 4.90 Å². The lowest BCUT2D eigenvalue weighted by Gasteiger charge is -2.45. The maximum atomic E-state index is 3.69. The van der Waals surface area contributed by atoms with Crippen molar-refractivity contribution in [3.8, 4) is 0 Å². The van der Waals surface area contributed by atoms with Crippen LogP contribution in [0.25, 0.3) is 0 Å². The molecule has 1 saturated heterocycles. The SMILES string of the molecule is CCCC1CN(C2CCCCC2C(C)C)CCN1. The second-order valence-corrected chi connectivity index (χ2v) is 6.69. The summed E-state index contributed by atoms with van der Waals surface area (Å²) in [5.41, 5.74) is 0. The van der Waals surface area contributed by atoms with Gasteiger partial charge in [0.2, 0.25) is 0 Å². The lowest BCUT2D eigenvalue weighted by molar-refractivity contribution is 0.0537. The van der Waals surface area contributed by atoms with Crippen LogP contribution in [-0.2, 0) is 0 Å². The molecule has 2 rings (SSSR count). The van der Waals surface area contributed by atoms with Crippen LogP contribution in [0.15, 0.2) is 0 Å². The second kappa shape index (κ2) is 6.91. The molecule has 1 saturated carbocycles. The van der Waals surface area contributed by atoms with Gasteiger partial charge in [-0.2, -0.15) is 0 Å². The predicted molar refractivity (Wildman–Crippen MR) is 78.9 cm³/mol. The Morgan fingerprint density at radius 3 is 2.72 bits per heavy atom. The predicted octanol–water partition coefficient (Wildman–Crippen LogP) is 3.28. The molecule has 18 heavy (non-hydrogen) atoms. The zero-order valence-corrected chi connectivity index (χ0v) is 12.6. The third-order valence-corrected chi connectivity index (χ3v) is 5.03. The zero-order valence-electron chi connectivity index (χ0n) is 12.6. The van der Waals surface area contributed by atoms with E-state index in [2.05, 4.69) is 31.0 Å². The average Bonchev–Trinajstić information content (AvgIpc) is 2.39. The number of nitrogens with one attached hydrogen (secondary N) is 1. The molecular weight excluding hydrogens is 220 g/mol. The molecule has 0 aromatic heterocycles. The minimum Gasteiger partial charge on any atom is -0.311 e. The molecule has 1 aliphatic carbocycles. The van der Waals surface area contributed by atoms with Crippen molar-refractivity contribution in [3.05, 3.63) is 0 Å². The normalized spacial score (nSPS) is 35.0. The van der Waals surface area contributed by atoms with Crippen molar-refractivity contribution < 1.29 is 0 Å². The number of rotatable bonds is 4. The van der Waals surface area contributed by atoms with Crippen molar-refractivity contribution in [2.75, 3.05) is 19.6 Å². The Morgan fingerprint density at radius 1 is 1.22 bits per heavy atom. The monoisotopic (exact) mass is 252 g/mol. The van der Waals surface area contributed by atoms with Gasteiger partial charge >= 0.3 is 0 Å². The summed E-state index contributed by atoms with van der Waals surface area (Å²) in [6.45, 7) is 10.9. The highest BCUT2D eigenvalue weighted by molar-refractivity contribution is 4.89. The van der Waals surface area contributed by atoms with E-state index in [0.717, 1.165) is 23.9 Å². The van der Waals surface area contributed by atoms with Gasteiger partial charge in [0.15, 0.2) is 0 Å². The van der Waals surface area contributed by atoms with E-state index in [1.165, 1.54) is 58.2 Å². The van der Waals surface area contributed by atoms with Gasteiger partial charge in [0.05, 0.1) is 0 Å². The maximum absolute atomic E-state index is 3.69. The smallest absolute Gasteiger partial charge is 0.0195 e. The Morgan fingerprint density at radius 2 is 2.00 bits per heavy atom. The Balaban J connectivity index is 1.95. The van der Waals surface area contributed by atoms with E-state index in [1.807, 2.05) is 0 Å². The van der Waals surface area contributed by atoms with E-state index in [9.17, 15) is 0 Å². The van der Waals surface area contributed by atoms with Crippen LogP contribution in [0.3, 0.4) is 0 Å². The molecule has 2 heteroatoms. The van der Waals surface area contributed by atoms with E-state index in [0.29, 0.717) is 0 Å². The number of nitrogens with zero attached hydrogens (tertiary/aromatic N) is 1. The van der Waals surface area contributed by atoms with Crippen molar-refractivity contribution in [1.82, 2.24) is 10.2 Å². The summed E-state index contributed by atoms with van der Waals surface area (Å²) in [5, 5.41) is 3.69. The van der Waals surface area contributed by atoms with Crippen LogP contribution >= 0.6 is 0 Å². The van der Waals surface area contributed by atoms with Gasteiger partial charge in [-0.25, -0.2) is 0 Å². The summed E-state index contributed by atoms with van der Waals surface area (Å²) in [4.78, 5) is 2.82. The fraction of sp³-hybridized carbons (Fsp3) is 1.00. The molecule has 1 heterocycles. The van der Waals surface area contributed by atoms with Gasteiger partial charge in [0.1, 0.15) is 0 Å². The largest absolute Gasteiger partial charge is 0.311 e. The van der Waals surface area contributed by atoms with Crippen LogP contribution in [0.2, 0.25) is 0 Å². The third-order valence-electron chi connectivity index (χ3n) is 5.03. The molecule has 0 spiro atoms. The molecule has 2 nitrogen and oxygen atoms in total. The molecule has 0 radical (unpaired) electrons. The van der Waals surface area contributed by atoms with Crippen LogP contribution in [0.4, 0.5) is 0 Å². The highest BCUT2D eigenvalue weighted by Gasteiger charge is 2.33. The number of hydrogen-bond donors (Lipinski definition) is 1. The number of hydrogen-bond acceptors (Lipinski definition) is 2. The molecule has 3 unspecified atom stereocenters. The lowest BCUT2D eigenvalue weighted by Crippen LogP contribution is -2.56. The molecular formula is C16H32N2. The van der Waals surface area contributed by atoms with Crippen LogP contribution in [0.1, 0.15) is 59.3 Å². The summed E-state index contributed by atoms with van der Waals surface area (Å²) in [7, 11) is 0. The van der Waals surface area contributed by atoms with Crippen LogP contribution in [-0.4, -0.2) is 36.6 Å². The minimum atomic E-state index is 0.749. The fourth-order valence-electron chi connectivity index (χ4n) is 4.07. The Hall–Kier alpha value is -0.0800. The quantitative estimate of drug-likeness (QED) is 0.826. The molecule has 3 atom stereocenters. The summed E-state index contributed by atoms with van der Waals surface area (Å²) < 4.78 is 0. The number of piperazine rings is 1. The van der Waals surface area contributed by atoms with Gasteiger partial charge < -0.3 is 5.32 Å². The molecule has 1 N–H and O–H groups in total. The van der Waals surface area contributed by atoms with E-state index < -0.39 is 0 Å². The minimum absolute atomic E-state index is 0.749. The first kappa shape index (κ1) is 14.3. The highest BCUT2D eigenvalue weighted by Crippen LogP contribution is 2.34. The first-order chi connectivity index (χ1) is 8.72. The van der Waals surface area contributed by atoms with Crippen LogP contribution in [0.5, 0.6) is 0 Å². The average molecular weight is 252 g/mol. The lowest BCUT2D eigenvalue weighted by atomic mass is 9.76. The highest BCUT2D eigenvalue weighted by atomic mass is 15.2. The molecule has 0 bridgehead atoms. The Bertz CT molecular complexity index is 237. The first-order valence-corrected chi connectivity index (χ1v) is 8.19. The van der Waals surface area contributed by atoms with Gasteiger partial charge in [-0.1, -0.05) is 40.0 Å². The summed E-state index contributed by atoms with van der Waals surface area (Å²) in [6.07, 6.45) is 8.48. The van der Waals surface area contributed by atoms with Gasteiger partial charge in [-0.15, -0.1) is 0 Å². The maximum Gasteiger partial charge on any atom is 0.0195 e. The van der Waals surface area contributed by atoms with E-state index in [-0.39, 0.29) is 0 Å². The Labute approximate surface area is 114 Å². The van der Waals surface area contributed by atoms with Gasteiger partial charge in [0.25, 0.3) is 0 Å². The summed E-state index contributed by atoms with van der Waals surface area (Å²) >= 11 is 0. The first-order valence-electron chi connectivity index (χ1n) is 8.19. The van der Waals surface area contributed by atoms with Crippen molar-refractivity contribution in [3.63, 3.8) is 0 Å². The van der Waals surface area contributed by atoms with E-state index >= 15 is 0 Å². The standard InChI is InChI=1S/C16H32N2/c1-4-7-14-12-18(11-10-17-14)16-9-6-5-8-15(16)13(2)3/h13-17H,4-12H2,1-3H3. The van der Waals surface area contributed by atoms with Gasteiger partial charge in [-0.05, 0) is 31.1 Å². The molecule has 2 fully saturated rings. The van der Waals surface area contributed by atoms with Crippen LogP contribution < -0.4 is 5.32 Å². The van der Waals surface area contributed by atoms with Crippen molar-refractivity contribution >= 4 is 0 Å². The topological polar surface area (TPSA) is 15.3 Å². The van der Waals surface area contributed by atoms with Crippen molar-refractivity contribution in [1.29, 1.82) is 0 Å².